The summed E-state index contributed by atoms with van der Waals surface area (Å²) in [6, 6.07) is 15.7. The lowest BCUT2D eigenvalue weighted by molar-refractivity contribution is 0.921. The summed E-state index contributed by atoms with van der Waals surface area (Å²) in [7, 11) is 1.97. The Bertz CT molecular complexity index is 632. The second-order valence-electron chi connectivity index (χ2n) is 4.37. The third kappa shape index (κ3) is 3.27. The molecule has 0 aromatic heterocycles. The minimum atomic E-state index is 0.653. The first-order valence-corrected chi connectivity index (χ1v) is 6.64. The van der Waals surface area contributed by atoms with Crippen molar-refractivity contribution in [2.75, 3.05) is 17.7 Å². The van der Waals surface area contributed by atoms with Crippen LogP contribution < -0.4 is 10.6 Å². The molecule has 2 aromatic rings. The van der Waals surface area contributed by atoms with Crippen molar-refractivity contribution in [1.82, 2.24) is 0 Å². The molecule has 0 aliphatic carbocycles. The fraction of sp³-hybridized carbons (Fsp3) is 0.133. The molecule has 2 N–H and O–H groups in total. The van der Waals surface area contributed by atoms with Gasteiger partial charge < -0.3 is 10.6 Å². The molecule has 0 saturated heterocycles. The summed E-state index contributed by atoms with van der Waals surface area (Å²) in [6.07, 6.45) is 0. The molecule has 0 fully saturated rings. The van der Waals surface area contributed by atoms with Crippen molar-refractivity contribution in [3.05, 3.63) is 58.1 Å². The van der Waals surface area contributed by atoms with Gasteiger partial charge in [0.05, 0.1) is 11.3 Å². The topological polar surface area (TPSA) is 53.0 Å². The van der Waals surface area contributed by atoms with Gasteiger partial charge in [0.2, 0.25) is 0 Å². The fourth-order valence-electron chi connectivity index (χ4n) is 1.98. The highest BCUT2D eigenvalue weighted by Gasteiger charge is 2.08. The molecule has 0 unspecified atom stereocenters. The third-order valence-corrected chi connectivity index (χ3v) is 3.35. The highest BCUT2D eigenvalue weighted by Crippen LogP contribution is 2.24. The molecule has 19 heavy (non-hydrogen) atoms. The Labute approximate surface area is 121 Å². The van der Waals surface area contributed by atoms with Crippen LogP contribution in [-0.2, 0) is 6.54 Å². The lowest BCUT2D eigenvalue weighted by Gasteiger charge is -2.21. The highest BCUT2D eigenvalue weighted by molar-refractivity contribution is 9.10. The van der Waals surface area contributed by atoms with Gasteiger partial charge in [-0.25, -0.2) is 0 Å². The van der Waals surface area contributed by atoms with Gasteiger partial charge in [-0.05, 0) is 35.9 Å². The zero-order chi connectivity index (χ0) is 13.8. The second-order valence-corrected chi connectivity index (χ2v) is 5.29. The second kappa shape index (κ2) is 5.77. The van der Waals surface area contributed by atoms with E-state index in [0.29, 0.717) is 12.1 Å². The van der Waals surface area contributed by atoms with Crippen molar-refractivity contribution < 1.29 is 0 Å². The van der Waals surface area contributed by atoms with Crippen LogP contribution in [0.1, 0.15) is 11.1 Å². The van der Waals surface area contributed by atoms with Gasteiger partial charge in [0.15, 0.2) is 0 Å². The standard InChI is InChI=1S/C15H14BrN3/c1-19(10-11-3-2-4-14(18)7-11)15-6-5-13(16)8-12(15)9-17/h2-8H,10,18H2,1H3. The summed E-state index contributed by atoms with van der Waals surface area (Å²) in [5.74, 6) is 0. The summed E-state index contributed by atoms with van der Waals surface area (Å²) in [5.41, 5.74) is 9.21. The number of anilines is 2. The summed E-state index contributed by atoms with van der Waals surface area (Å²) >= 11 is 3.38. The normalized spacial score (nSPS) is 9.95. The Morgan fingerprint density at radius 2 is 2.05 bits per heavy atom. The van der Waals surface area contributed by atoms with Crippen molar-refractivity contribution in [3.8, 4) is 6.07 Å². The summed E-state index contributed by atoms with van der Waals surface area (Å²) in [5, 5.41) is 9.18. The van der Waals surface area contributed by atoms with Crippen LogP contribution in [0.4, 0.5) is 11.4 Å². The number of nitrogens with zero attached hydrogens (tertiary/aromatic N) is 2. The molecule has 0 spiro atoms. The summed E-state index contributed by atoms with van der Waals surface area (Å²) < 4.78 is 0.908. The van der Waals surface area contributed by atoms with E-state index in [1.54, 1.807) is 0 Å². The van der Waals surface area contributed by atoms with Crippen LogP contribution >= 0.6 is 15.9 Å². The van der Waals surface area contributed by atoms with Crippen LogP contribution in [0.25, 0.3) is 0 Å². The van der Waals surface area contributed by atoms with E-state index in [4.69, 9.17) is 5.73 Å². The van der Waals surface area contributed by atoms with Gasteiger partial charge in [-0.1, -0.05) is 28.1 Å². The van der Waals surface area contributed by atoms with E-state index in [2.05, 4.69) is 22.0 Å². The number of halogens is 1. The molecule has 0 aliphatic heterocycles. The monoisotopic (exact) mass is 315 g/mol. The number of hydrogen-bond donors (Lipinski definition) is 1. The van der Waals surface area contributed by atoms with E-state index in [9.17, 15) is 5.26 Å². The number of nitriles is 1. The van der Waals surface area contributed by atoms with Crippen LogP contribution in [0.2, 0.25) is 0 Å². The van der Waals surface area contributed by atoms with E-state index in [-0.39, 0.29) is 0 Å². The van der Waals surface area contributed by atoms with E-state index in [0.717, 1.165) is 21.4 Å². The van der Waals surface area contributed by atoms with Crippen molar-refractivity contribution in [2.24, 2.45) is 0 Å². The van der Waals surface area contributed by atoms with E-state index >= 15 is 0 Å². The van der Waals surface area contributed by atoms with E-state index in [1.165, 1.54) is 0 Å². The maximum atomic E-state index is 9.18. The highest BCUT2D eigenvalue weighted by atomic mass is 79.9. The fourth-order valence-corrected chi connectivity index (χ4v) is 2.34. The molecule has 0 amide bonds. The van der Waals surface area contributed by atoms with Crippen molar-refractivity contribution in [1.29, 1.82) is 5.26 Å². The molecule has 0 saturated carbocycles. The molecule has 96 valence electrons. The van der Waals surface area contributed by atoms with Gasteiger partial charge in [-0.2, -0.15) is 5.26 Å². The molecule has 4 heteroatoms. The molecule has 0 atom stereocenters. The van der Waals surface area contributed by atoms with Crippen LogP contribution in [-0.4, -0.2) is 7.05 Å². The molecule has 0 aliphatic rings. The van der Waals surface area contributed by atoms with Crippen molar-refractivity contribution >= 4 is 27.3 Å². The Hall–Kier alpha value is -1.99. The van der Waals surface area contributed by atoms with E-state index in [1.807, 2.05) is 54.4 Å². The lowest BCUT2D eigenvalue weighted by Crippen LogP contribution is -2.17. The predicted molar refractivity (Wildman–Crippen MR) is 81.8 cm³/mol. The van der Waals surface area contributed by atoms with Crippen molar-refractivity contribution in [3.63, 3.8) is 0 Å². The van der Waals surface area contributed by atoms with Gasteiger partial charge in [-0.3, -0.25) is 0 Å². The number of hydrogen-bond acceptors (Lipinski definition) is 3. The Kier molecular flexibility index (Phi) is 4.08. The molecular weight excluding hydrogens is 302 g/mol. The molecule has 2 aromatic carbocycles. The maximum Gasteiger partial charge on any atom is 0.101 e. The predicted octanol–water partition coefficient (Wildman–Crippen LogP) is 3.54. The van der Waals surface area contributed by atoms with Gasteiger partial charge in [0.25, 0.3) is 0 Å². The van der Waals surface area contributed by atoms with Gasteiger partial charge >= 0.3 is 0 Å². The third-order valence-electron chi connectivity index (χ3n) is 2.86. The van der Waals surface area contributed by atoms with Gasteiger partial charge in [-0.15, -0.1) is 0 Å². The molecule has 0 radical (unpaired) electrons. The largest absolute Gasteiger partial charge is 0.399 e. The maximum absolute atomic E-state index is 9.18. The van der Waals surface area contributed by atoms with Crippen LogP contribution in [0.3, 0.4) is 0 Å². The first-order chi connectivity index (χ1) is 9.10. The Morgan fingerprint density at radius 1 is 1.26 bits per heavy atom. The quantitative estimate of drug-likeness (QED) is 0.881. The lowest BCUT2D eigenvalue weighted by atomic mass is 10.1. The summed E-state index contributed by atoms with van der Waals surface area (Å²) in [4.78, 5) is 2.04. The van der Waals surface area contributed by atoms with Crippen molar-refractivity contribution in [2.45, 2.75) is 6.54 Å². The molecule has 0 heterocycles. The minimum absolute atomic E-state index is 0.653. The van der Waals surface area contributed by atoms with Gasteiger partial charge in [0, 0.05) is 23.8 Å². The SMILES string of the molecule is CN(Cc1cccc(N)c1)c1ccc(Br)cc1C#N. The first kappa shape index (κ1) is 13.4. The average Bonchev–Trinajstić information content (AvgIpc) is 2.38. The zero-order valence-corrected chi connectivity index (χ0v) is 12.2. The van der Waals surface area contributed by atoms with E-state index < -0.39 is 0 Å². The average molecular weight is 316 g/mol. The minimum Gasteiger partial charge on any atom is -0.399 e. The molecule has 0 bridgehead atoms. The molecule has 3 nitrogen and oxygen atoms in total. The van der Waals surface area contributed by atoms with Crippen LogP contribution in [0.5, 0.6) is 0 Å². The molecule has 2 rings (SSSR count). The number of benzene rings is 2. The zero-order valence-electron chi connectivity index (χ0n) is 10.6. The first-order valence-electron chi connectivity index (χ1n) is 5.85. The smallest absolute Gasteiger partial charge is 0.101 e. The number of rotatable bonds is 3. The number of nitrogens with two attached hydrogens (primary N) is 1. The summed E-state index contributed by atoms with van der Waals surface area (Å²) in [6.45, 7) is 0.710. The van der Waals surface area contributed by atoms with Gasteiger partial charge in [0.1, 0.15) is 6.07 Å². The molecular formula is C15H14BrN3. The Morgan fingerprint density at radius 3 is 2.74 bits per heavy atom. The Balaban J connectivity index is 2.25. The van der Waals surface area contributed by atoms with Crippen LogP contribution in [0.15, 0.2) is 46.9 Å². The number of nitrogen functional groups attached to an aromatic ring is 1. The van der Waals surface area contributed by atoms with Crippen LogP contribution in [0, 0.1) is 11.3 Å².